The van der Waals surface area contributed by atoms with Crippen LogP contribution in [0.15, 0.2) is 0 Å². The highest BCUT2D eigenvalue weighted by Crippen LogP contribution is 2.35. The molecule has 0 saturated heterocycles. The number of hydrogen-bond donors (Lipinski definition) is 3. The standard InChI is InChI=1S/C13H26N2O4S/c1-12(2,3)15-20(18,19)14-10-13(11(16)17)8-6-4-5-7-9-13/h14-15H,4-10H2,1-3H3,(H,16,17). The second-order valence-electron chi connectivity index (χ2n) is 6.68. The maximum Gasteiger partial charge on any atom is 0.310 e. The fourth-order valence-electron chi connectivity index (χ4n) is 2.54. The minimum atomic E-state index is -3.69. The molecule has 1 aliphatic carbocycles. The first-order chi connectivity index (χ1) is 9.06. The van der Waals surface area contributed by atoms with Gasteiger partial charge in [0.2, 0.25) is 0 Å². The summed E-state index contributed by atoms with van der Waals surface area (Å²) in [6.45, 7) is 5.17. The Bertz CT molecular complexity index is 432. The highest BCUT2D eigenvalue weighted by Gasteiger charge is 2.39. The van der Waals surface area contributed by atoms with Gasteiger partial charge in [0.15, 0.2) is 0 Å². The lowest BCUT2D eigenvalue weighted by atomic mass is 9.80. The molecule has 0 atom stereocenters. The van der Waals surface area contributed by atoms with E-state index in [1.54, 1.807) is 20.8 Å². The molecule has 0 unspecified atom stereocenters. The van der Waals surface area contributed by atoms with Gasteiger partial charge in [-0.1, -0.05) is 25.7 Å². The average molecular weight is 306 g/mol. The molecule has 1 rings (SSSR count). The summed E-state index contributed by atoms with van der Waals surface area (Å²) in [5, 5.41) is 9.49. The molecule has 3 N–H and O–H groups in total. The van der Waals surface area contributed by atoms with Gasteiger partial charge >= 0.3 is 5.97 Å². The molecule has 0 spiro atoms. The van der Waals surface area contributed by atoms with Crippen molar-refractivity contribution in [3.63, 3.8) is 0 Å². The zero-order chi connectivity index (χ0) is 15.4. The van der Waals surface area contributed by atoms with Gasteiger partial charge < -0.3 is 5.11 Å². The Kier molecular flexibility index (Phi) is 5.57. The summed E-state index contributed by atoms with van der Waals surface area (Å²) >= 11 is 0. The van der Waals surface area contributed by atoms with E-state index in [0.29, 0.717) is 12.8 Å². The van der Waals surface area contributed by atoms with Gasteiger partial charge in [-0.05, 0) is 33.6 Å². The van der Waals surface area contributed by atoms with Crippen molar-refractivity contribution in [2.45, 2.75) is 64.8 Å². The van der Waals surface area contributed by atoms with E-state index in [1.807, 2.05) is 0 Å². The normalized spacial score (nSPS) is 20.4. The quantitative estimate of drug-likeness (QED) is 0.673. The molecule has 0 heterocycles. The molecule has 118 valence electrons. The van der Waals surface area contributed by atoms with Crippen molar-refractivity contribution in [3.8, 4) is 0 Å². The van der Waals surface area contributed by atoms with Crippen molar-refractivity contribution in [2.24, 2.45) is 5.41 Å². The Balaban J connectivity index is 2.75. The molecule has 1 saturated carbocycles. The fourth-order valence-corrected chi connectivity index (χ4v) is 3.89. The summed E-state index contributed by atoms with van der Waals surface area (Å²) in [5.41, 5.74) is -1.56. The smallest absolute Gasteiger partial charge is 0.310 e. The molecule has 0 aromatic carbocycles. The number of carboxylic acids is 1. The first-order valence-corrected chi connectivity index (χ1v) is 8.57. The van der Waals surface area contributed by atoms with Crippen LogP contribution in [0, 0.1) is 5.41 Å². The number of carbonyl (C=O) groups is 1. The molecule has 0 aliphatic heterocycles. The van der Waals surface area contributed by atoms with Crippen LogP contribution < -0.4 is 9.44 Å². The van der Waals surface area contributed by atoms with E-state index < -0.39 is 27.1 Å². The minimum Gasteiger partial charge on any atom is -0.481 e. The van der Waals surface area contributed by atoms with E-state index in [1.165, 1.54) is 0 Å². The summed E-state index contributed by atoms with van der Waals surface area (Å²) in [6, 6.07) is 0. The molecule has 0 aromatic rings. The number of aliphatic carboxylic acids is 1. The van der Waals surface area contributed by atoms with Gasteiger partial charge in [0, 0.05) is 12.1 Å². The number of hydrogen-bond acceptors (Lipinski definition) is 3. The van der Waals surface area contributed by atoms with E-state index in [0.717, 1.165) is 25.7 Å². The van der Waals surface area contributed by atoms with Gasteiger partial charge in [-0.25, -0.2) is 4.72 Å². The SMILES string of the molecule is CC(C)(C)NS(=O)(=O)NCC1(C(=O)O)CCCCCC1. The van der Waals surface area contributed by atoms with Crippen LogP contribution in [0.1, 0.15) is 59.3 Å². The van der Waals surface area contributed by atoms with Crippen LogP contribution in [-0.2, 0) is 15.0 Å². The van der Waals surface area contributed by atoms with Crippen LogP contribution >= 0.6 is 0 Å². The molecular weight excluding hydrogens is 280 g/mol. The first-order valence-electron chi connectivity index (χ1n) is 7.08. The third kappa shape index (κ3) is 5.38. The topological polar surface area (TPSA) is 95.5 Å². The third-order valence-electron chi connectivity index (χ3n) is 3.56. The Hall–Kier alpha value is -0.660. The summed E-state index contributed by atoms with van der Waals surface area (Å²) in [4.78, 5) is 11.6. The van der Waals surface area contributed by atoms with Crippen molar-refractivity contribution in [3.05, 3.63) is 0 Å². The van der Waals surface area contributed by atoms with Crippen LogP contribution in [0.3, 0.4) is 0 Å². The Morgan fingerprint density at radius 2 is 1.65 bits per heavy atom. The molecule has 1 aliphatic rings. The van der Waals surface area contributed by atoms with Gasteiger partial charge in [0.25, 0.3) is 10.2 Å². The van der Waals surface area contributed by atoms with Gasteiger partial charge in [-0.2, -0.15) is 13.1 Å². The minimum absolute atomic E-state index is 0.0479. The average Bonchev–Trinajstić information content (AvgIpc) is 2.49. The van der Waals surface area contributed by atoms with Crippen molar-refractivity contribution >= 4 is 16.2 Å². The molecule has 6 nitrogen and oxygen atoms in total. The van der Waals surface area contributed by atoms with Crippen LogP contribution in [0.4, 0.5) is 0 Å². The van der Waals surface area contributed by atoms with Gasteiger partial charge in [-0.15, -0.1) is 0 Å². The van der Waals surface area contributed by atoms with Crippen LogP contribution in [0.25, 0.3) is 0 Å². The third-order valence-corrected chi connectivity index (χ3v) is 4.96. The molecule has 0 amide bonds. The monoisotopic (exact) mass is 306 g/mol. The van der Waals surface area contributed by atoms with Crippen molar-refractivity contribution in [2.75, 3.05) is 6.54 Å². The number of rotatable bonds is 5. The first kappa shape index (κ1) is 17.4. The van der Waals surface area contributed by atoms with Gasteiger partial charge in [0.1, 0.15) is 0 Å². The van der Waals surface area contributed by atoms with E-state index in [2.05, 4.69) is 9.44 Å². The van der Waals surface area contributed by atoms with Crippen molar-refractivity contribution in [1.29, 1.82) is 0 Å². The molecule has 0 radical (unpaired) electrons. The van der Waals surface area contributed by atoms with Crippen LogP contribution in [-0.4, -0.2) is 31.6 Å². The molecule has 0 bridgehead atoms. The predicted molar refractivity (Wildman–Crippen MR) is 77.6 cm³/mol. The van der Waals surface area contributed by atoms with Crippen LogP contribution in [0.5, 0.6) is 0 Å². The Morgan fingerprint density at radius 3 is 2.05 bits per heavy atom. The summed E-state index contributed by atoms with van der Waals surface area (Å²) in [7, 11) is -3.69. The second-order valence-corrected chi connectivity index (χ2v) is 8.18. The highest BCUT2D eigenvalue weighted by atomic mass is 32.2. The van der Waals surface area contributed by atoms with Crippen molar-refractivity contribution in [1.82, 2.24) is 9.44 Å². The summed E-state index contributed by atoms with van der Waals surface area (Å²) < 4.78 is 28.7. The molecule has 1 fully saturated rings. The Labute approximate surface area is 121 Å². The second kappa shape index (κ2) is 6.41. The number of carboxylic acid groups (broad SMARTS) is 1. The maximum absolute atomic E-state index is 11.9. The maximum atomic E-state index is 11.9. The molecule has 20 heavy (non-hydrogen) atoms. The number of nitrogens with one attached hydrogen (secondary N) is 2. The lowest BCUT2D eigenvalue weighted by molar-refractivity contribution is -0.149. The van der Waals surface area contributed by atoms with Crippen LogP contribution in [0.2, 0.25) is 0 Å². The lowest BCUT2D eigenvalue weighted by Gasteiger charge is -2.29. The van der Waals surface area contributed by atoms with Gasteiger partial charge in [0.05, 0.1) is 5.41 Å². The lowest BCUT2D eigenvalue weighted by Crippen LogP contribution is -2.51. The zero-order valence-electron chi connectivity index (χ0n) is 12.5. The molecule has 0 aromatic heterocycles. The zero-order valence-corrected chi connectivity index (χ0v) is 13.3. The van der Waals surface area contributed by atoms with E-state index >= 15 is 0 Å². The molecular formula is C13H26N2O4S. The fraction of sp³-hybridized carbons (Fsp3) is 0.923. The summed E-state index contributed by atoms with van der Waals surface area (Å²) in [6.07, 6.45) is 4.76. The highest BCUT2D eigenvalue weighted by molar-refractivity contribution is 7.87. The summed E-state index contributed by atoms with van der Waals surface area (Å²) in [5.74, 6) is -0.905. The van der Waals surface area contributed by atoms with E-state index in [-0.39, 0.29) is 6.54 Å². The van der Waals surface area contributed by atoms with Gasteiger partial charge in [-0.3, -0.25) is 4.79 Å². The van der Waals surface area contributed by atoms with Crippen molar-refractivity contribution < 1.29 is 18.3 Å². The van der Waals surface area contributed by atoms with E-state index in [9.17, 15) is 18.3 Å². The molecule has 7 heteroatoms. The van der Waals surface area contributed by atoms with E-state index in [4.69, 9.17) is 0 Å². The predicted octanol–water partition coefficient (Wildman–Crippen LogP) is 1.63. The Morgan fingerprint density at radius 1 is 1.15 bits per heavy atom. The largest absolute Gasteiger partial charge is 0.481 e.